The standard InChI is InChI=1S/C35H47N9O4/c1-34(2,3)47-32(45)38-19-16-26(23-10-8-7-9-11-23)42-31-37-18-17-27(43-31)28-22-39-30-29(36-20-21-44(28)30)40-24-12-14-25(15-13-24)41-33(46)48-35(4,5)6/h7-11,17-18,20-22,24-26H,12-16,19H2,1-6H3,(H,36,40)(H,38,45)(H,41,46)(H,37,42,43)/t24-,25-,26?. The van der Waals surface area contributed by atoms with Gasteiger partial charge in [0.25, 0.3) is 0 Å². The van der Waals surface area contributed by atoms with Crippen LogP contribution in [0.3, 0.4) is 0 Å². The van der Waals surface area contributed by atoms with Gasteiger partial charge in [0, 0.05) is 37.2 Å². The van der Waals surface area contributed by atoms with E-state index >= 15 is 0 Å². The van der Waals surface area contributed by atoms with Gasteiger partial charge in [-0.2, -0.15) is 0 Å². The van der Waals surface area contributed by atoms with E-state index in [0.29, 0.717) is 36.1 Å². The average molecular weight is 658 g/mol. The van der Waals surface area contributed by atoms with Crippen molar-refractivity contribution in [1.82, 2.24) is 35.0 Å². The Hall–Kier alpha value is -4.94. The molecule has 3 aromatic heterocycles. The van der Waals surface area contributed by atoms with Crippen LogP contribution in [0.4, 0.5) is 21.4 Å². The third-order valence-electron chi connectivity index (χ3n) is 7.74. The first-order valence-electron chi connectivity index (χ1n) is 16.5. The normalized spacial score (nSPS) is 17.3. The number of nitrogens with zero attached hydrogens (tertiary/aromatic N) is 5. The number of hydrogen-bond acceptors (Lipinski definition) is 10. The lowest BCUT2D eigenvalue weighted by Gasteiger charge is -2.30. The first kappa shape index (κ1) is 34.4. The van der Waals surface area contributed by atoms with Crippen LogP contribution in [-0.2, 0) is 9.47 Å². The number of carbonyl (C=O) groups excluding carboxylic acids is 2. The van der Waals surface area contributed by atoms with Crippen molar-refractivity contribution < 1.29 is 19.1 Å². The Balaban J connectivity index is 1.24. The first-order valence-corrected chi connectivity index (χ1v) is 16.5. The Labute approximate surface area is 281 Å². The molecule has 0 aliphatic heterocycles. The molecule has 4 aromatic rings. The van der Waals surface area contributed by atoms with E-state index in [1.165, 1.54) is 0 Å². The largest absolute Gasteiger partial charge is 0.444 e. The molecule has 1 aliphatic carbocycles. The molecule has 0 radical (unpaired) electrons. The highest BCUT2D eigenvalue weighted by Gasteiger charge is 2.26. The smallest absolute Gasteiger partial charge is 0.407 e. The molecular formula is C35H47N9O4. The third kappa shape index (κ3) is 9.79. The van der Waals surface area contributed by atoms with Gasteiger partial charge in [-0.05, 0) is 85.3 Å². The highest BCUT2D eigenvalue weighted by atomic mass is 16.6. The van der Waals surface area contributed by atoms with E-state index in [0.717, 1.165) is 36.9 Å². The molecule has 2 amide bonds. The van der Waals surface area contributed by atoms with Crippen molar-refractivity contribution in [3.63, 3.8) is 0 Å². The summed E-state index contributed by atoms with van der Waals surface area (Å²) in [5.41, 5.74) is 2.15. The van der Waals surface area contributed by atoms with Crippen LogP contribution < -0.4 is 21.3 Å². The molecule has 13 heteroatoms. The van der Waals surface area contributed by atoms with Crippen LogP contribution in [-0.4, -0.2) is 66.4 Å². The fourth-order valence-corrected chi connectivity index (χ4v) is 5.63. The number of nitrogens with one attached hydrogen (secondary N) is 4. The summed E-state index contributed by atoms with van der Waals surface area (Å²) in [7, 11) is 0. The molecule has 5 rings (SSSR count). The lowest BCUT2D eigenvalue weighted by atomic mass is 9.91. The number of hydrogen-bond donors (Lipinski definition) is 4. The van der Waals surface area contributed by atoms with Crippen molar-refractivity contribution in [3.05, 3.63) is 66.7 Å². The monoisotopic (exact) mass is 657 g/mol. The van der Waals surface area contributed by atoms with Crippen molar-refractivity contribution in [2.24, 2.45) is 0 Å². The summed E-state index contributed by atoms with van der Waals surface area (Å²) in [6.07, 6.45) is 10.3. The molecule has 1 atom stereocenters. The Kier molecular flexibility index (Phi) is 10.7. The Bertz CT molecular complexity index is 1670. The van der Waals surface area contributed by atoms with Crippen molar-refractivity contribution in [2.75, 3.05) is 17.2 Å². The van der Waals surface area contributed by atoms with E-state index < -0.39 is 17.3 Å². The minimum atomic E-state index is -0.568. The molecule has 0 bridgehead atoms. The summed E-state index contributed by atoms with van der Waals surface area (Å²) < 4.78 is 12.8. The zero-order valence-electron chi connectivity index (χ0n) is 28.6. The third-order valence-corrected chi connectivity index (χ3v) is 7.74. The number of anilines is 2. The topological polar surface area (TPSA) is 157 Å². The quantitative estimate of drug-likeness (QED) is 0.148. The van der Waals surface area contributed by atoms with E-state index in [2.05, 4.69) is 31.2 Å². The zero-order valence-corrected chi connectivity index (χ0v) is 28.6. The van der Waals surface area contributed by atoms with Crippen LogP contribution in [0, 0.1) is 0 Å². The molecule has 1 unspecified atom stereocenters. The molecule has 1 aromatic carbocycles. The Morgan fingerprint density at radius 1 is 0.875 bits per heavy atom. The van der Waals surface area contributed by atoms with Crippen LogP contribution in [0.25, 0.3) is 17.0 Å². The molecular weight excluding hydrogens is 610 g/mol. The first-order chi connectivity index (χ1) is 22.8. The van der Waals surface area contributed by atoms with Gasteiger partial charge in [0.1, 0.15) is 11.2 Å². The average Bonchev–Trinajstić information content (AvgIpc) is 3.46. The SMILES string of the molecule is CC(C)(C)OC(=O)NCCC(Nc1nccc(-c2cnc3c(N[C@H]4CC[C@H](NC(=O)OC(C)(C)C)CC4)nccn23)n1)c1ccccc1. The summed E-state index contributed by atoms with van der Waals surface area (Å²) in [6, 6.07) is 12.0. The fraction of sp³-hybridized carbons (Fsp3) is 0.486. The summed E-state index contributed by atoms with van der Waals surface area (Å²) >= 11 is 0. The highest BCUT2D eigenvalue weighted by Crippen LogP contribution is 2.27. The van der Waals surface area contributed by atoms with E-state index in [9.17, 15) is 9.59 Å². The molecule has 0 spiro atoms. The van der Waals surface area contributed by atoms with Crippen LogP contribution in [0.1, 0.15) is 85.3 Å². The molecule has 1 aliphatic rings. The van der Waals surface area contributed by atoms with Gasteiger partial charge >= 0.3 is 12.2 Å². The van der Waals surface area contributed by atoms with Gasteiger partial charge in [0.2, 0.25) is 5.95 Å². The number of carbonyl (C=O) groups is 2. The van der Waals surface area contributed by atoms with Crippen molar-refractivity contribution in [3.8, 4) is 11.4 Å². The summed E-state index contributed by atoms with van der Waals surface area (Å²) in [5, 5.41) is 12.9. The van der Waals surface area contributed by atoms with E-state index in [1.807, 2.05) is 88.5 Å². The number of ether oxygens (including phenoxy) is 2. The van der Waals surface area contributed by atoms with Crippen LogP contribution in [0.5, 0.6) is 0 Å². The second-order valence-corrected chi connectivity index (χ2v) is 14.0. The zero-order chi connectivity index (χ0) is 34.3. The molecule has 3 heterocycles. The van der Waals surface area contributed by atoms with Crippen LogP contribution in [0.2, 0.25) is 0 Å². The van der Waals surface area contributed by atoms with Crippen LogP contribution >= 0.6 is 0 Å². The summed E-state index contributed by atoms with van der Waals surface area (Å²) in [6.45, 7) is 11.5. The molecule has 1 saturated carbocycles. The predicted octanol–water partition coefficient (Wildman–Crippen LogP) is 6.50. The lowest BCUT2D eigenvalue weighted by Crippen LogP contribution is -2.42. The van der Waals surface area contributed by atoms with Gasteiger partial charge in [-0.1, -0.05) is 30.3 Å². The minimum absolute atomic E-state index is 0.0861. The number of fused-ring (bicyclic) bond motifs is 1. The number of imidazole rings is 1. The maximum atomic E-state index is 12.2. The van der Waals surface area contributed by atoms with E-state index in [-0.39, 0.29) is 24.2 Å². The van der Waals surface area contributed by atoms with E-state index in [1.54, 1.807) is 18.6 Å². The summed E-state index contributed by atoms with van der Waals surface area (Å²) in [4.78, 5) is 43.1. The molecule has 48 heavy (non-hydrogen) atoms. The molecule has 1 fully saturated rings. The number of amides is 2. The van der Waals surface area contributed by atoms with Gasteiger partial charge in [0.15, 0.2) is 11.5 Å². The molecule has 256 valence electrons. The van der Waals surface area contributed by atoms with Gasteiger partial charge in [-0.3, -0.25) is 4.40 Å². The van der Waals surface area contributed by atoms with Gasteiger partial charge in [0.05, 0.1) is 23.6 Å². The molecule has 4 N–H and O–H groups in total. The molecule has 13 nitrogen and oxygen atoms in total. The van der Waals surface area contributed by atoms with Gasteiger partial charge in [-0.25, -0.2) is 29.5 Å². The second kappa shape index (κ2) is 14.9. The maximum absolute atomic E-state index is 12.2. The van der Waals surface area contributed by atoms with Crippen molar-refractivity contribution in [2.45, 2.75) is 103 Å². The molecule has 0 saturated heterocycles. The van der Waals surface area contributed by atoms with Crippen LogP contribution in [0.15, 0.2) is 61.2 Å². The summed E-state index contributed by atoms with van der Waals surface area (Å²) in [5.74, 6) is 1.15. The Morgan fingerprint density at radius 3 is 2.27 bits per heavy atom. The predicted molar refractivity (Wildman–Crippen MR) is 185 cm³/mol. The minimum Gasteiger partial charge on any atom is -0.444 e. The van der Waals surface area contributed by atoms with Gasteiger partial charge in [-0.15, -0.1) is 0 Å². The lowest BCUT2D eigenvalue weighted by molar-refractivity contribution is 0.0488. The Morgan fingerprint density at radius 2 is 1.56 bits per heavy atom. The van der Waals surface area contributed by atoms with Crippen molar-refractivity contribution >= 4 is 29.6 Å². The maximum Gasteiger partial charge on any atom is 0.407 e. The van der Waals surface area contributed by atoms with Gasteiger partial charge < -0.3 is 30.7 Å². The van der Waals surface area contributed by atoms with E-state index in [4.69, 9.17) is 19.4 Å². The fourth-order valence-electron chi connectivity index (χ4n) is 5.63. The number of aromatic nitrogens is 5. The number of rotatable bonds is 10. The number of benzene rings is 1. The van der Waals surface area contributed by atoms with Crippen molar-refractivity contribution in [1.29, 1.82) is 0 Å². The second-order valence-electron chi connectivity index (χ2n) is 14.0. The highest BCUT2D eigenvalue weighted by molar-refractivity contribution is 5.70. The number of alkyl carbamates (subject to hydrolysis) is 2.